The first-order valence-electron chi connectivity index (χ1n) is 16.4. The van der Waals surface area contributed by atoms with Crippen LogP contribution in [0, 0.1) is 0 Å². The molecular weight excluding hydrogens is 599 g/mol. The molecule has 0 fully saturated rings. The number of para-hydroxylation sites is 1. The molecule has 4 heteroatoms. The highest BCUT2D eigenvalue weighted by atomic mass is 16.3. The van der Waals surface area contributed by atoms with Gasteiger partial charge in [-0.1, -0.05) is 146 Å². The van der Waals surface area contributed by atoms with E-state index in [1.165, 1.54) is 37.9 Å². The Morgan fingerprint density at radius 3 is 1.73 bits per heavy atom. The zero-order chi connectivity index (χ0) is 32.3. The van der Waals surface area contributed by atoms with Crippen molar-refractivity contribution in [1.82, 2.24) is 15.0 Å². The van der Waals surface area contributed by atoms with Crippen molar-refractivity contribution in [3.05, 3.63) is 164 Å². The highest BCUT2D eigenvalue weighted by molar-refractivity contribution is 6.23. The van der Waals surface area contributed by atoms with Crippen molar-refractivity contribution >= 4 is 54.3 Å². The summed E-state index contributed by atoms with van der Waals surface area (Å²) in [4.78, 5) is 15.1. The molecule has 0 unspecified atom stereocenters. The summed E-state index contributed by atoms with van der Waals surface area (Å²) in [6.45, 7) is 0. The third kappa shape index (κ3) is 4.49. The number of rotatable bonds is 4. The molecule has 228 valence electrons. The van der Waals surface area contributed by atoms with Crippen LogP contribution in [0.15, 0.2) is 168 Å². The van der Waals surface area contributed by atoms with Crippen LogP contribution in [0.25, 0.3) is 99.5 Å². The van der Waals surface area contributed by atoms with Gasteiger partial charge in [0.1, 0.15) is 11.2 Å². The van der Waals surface area contributed by atoms with E-state index in [0.29, 0.717) is 17.5 Å². The minimum Gasteiger partial charge on any atom is -0.456 e. The lowest BCUT2D eigenvalue weighted by Gasteiger charge is -2.14. The minimum atomic E-state index is 0.609. The van der Waals surface area contributed by atoms with Gasteiger partial charge in [0, 0.05) is 27.5 Å². The molecule has 0 amide bonds. The van der Waals surface area contributed by atoms with Crippen LogP contribution >= 0.6 is 0 Å². The molecule has 0 spiro atoms. The molecule has 0 aliphatic heterocycles. The van der Waals surface area contributed by atoms with E-state index in [1.807, 2.05) is 60.7 Å². The molecule has 4 nitrogen and oxygen atoms in total. The van der Waals surface area contributed by atoms with E-state index in [9.17, 15) is 0 Å². The van der Waals surface area contributed by atoms with Gasteiger partial charge in [-0.15, -0.1) is 0 Å². The highest BCUT2D eigenvalue weighted by Gasteiger charge is 2.18. The third-order valence-corrected chi connectivity index (χ3v) is 9.51. The number of furan rings is 1. The highest BCUT2D eigenvalue weighted by Crippen LogP contribution is 2.40. The van der Waals surface area contributed by atoms with Crippen LogP contribution in [-0.4, -0.2) is 15.0 Å². The lowest BCUT2D eigenvalue weighted by molar-refractivity contribution is 0.669. The number of fused-ring (bicyclic) bond motifs is 8. The summed E-state index contributed by atoms with van der Waals surface area (Å²) in [5.74, 6) is 1.86. The summed E-state index contributed by atoms with van der Waals surface area (Å²) in [5.41, 5.74) is 6.75. The molecule has 0 N–H and O–H groups in total. The standard InChI is InChI=1S/C45H27N3O/c1-2-12-30(13-3-1)43-46-44(48-45(47-43)37-18-10-20-40-42(37)36-17-8-9-19-39(36)49-40)31-24-21-29(22-25-31)38-27-32-26-23-28-11-4-5-14-33(28)41(32)35-16-7-6-15-34(35)38/h1-27H. The van der Waals surface area contributed by atoms with Crippen LogP contribution in [0.3, 0.4) is 0 Å². The van der Waals surface area contributed by atoms with Gasteiger partial charge in [-0.05, 0) is 61.6 Å². The maximum atomic E-state index is 6.21. The largest absolute Gasteiger partial charge is 0.456 e. The Kier molecular flexibility index (Phi) is 6.15. The fraction of sp³-hybridized carbons (Fsp3) is 0. The van der Waals surface area contributed by atoms with Crippen LogP contribution in [0.5, 0.6) is 0 Å². The second-order valence-corrected chi connectivity index (χ2v) is 12.4. The Bertz CT molecular complexity index is 2870. The van der Waals surface area contributed by atoms with Gasteiger partial charge < -0.3 is 4.42 Å². The zero-order valence-corrected chi connectivity index (χ0v) is 26.3. The SMILES string of the molecule is c1ccc(-c2nc(-c3ccc(-c4cc5ccc6ccccc6c5c5ccccc45)cc3)nc(-c3cccc4oc5ccccc5c34)n2)cc1. The smallest absolute Gasteiger partial charge is 0.164 e. The fourth-order valence-corrected chi connectivity index (χ4v) is 7.22. The first kappa shape index (κ1) is 27.5. The quantitative estimate of drug-likeness (QED) is 0.183. The molecule has 0 atom stereocenters. The van der Waals surface area contributed by atoms with Gasteiger partial charge in [0.05, 0.1) is 0 Å². The van der Waals surface area contributed by atoms with Gasteiger partial charge in [0.15, 0.2) is 17.5 Å². The average molecular weight is 626 g/mol. The van der Waals surface area contributed by atoms with E-state index in [0.717, 1.165) is 44.2 Å². The summed E-state index contributed by atoms with van der Waals surface area (Å²) >= 11 is 0. The predicted octanol–water partition coefficient (Wildman–Crippen LogP) is 11.9. The van der Waals surface area contributed by atoms with E-state index in [-0.39, 0.29) is 0 Å². The van der Waals surface area contributed by atoms with Crippen LogP contribution < -0.4 is 0 Å². The number of hydrogen-bond donors (Lipinski definition) is 0. The topological polar surface area (TPSA) is 51.8 Å². The average Bonchev–Trinajstić information content (AvgIpc) is 3.57. The van der Waals surface area contributed by atoms with E-state index in [4.69, 9.17) is 19.4 Å². The Hall–Kier alpha value is -6.65. The molecular formula is C45H27N3O. The van der Waals surface area contributed by atoms with Gasteiger partial charge in [0.25, 0.3) is 0 Å². The minimum absolute atomic E-state index is 0.609. The lowest BCUT2D eigenvalue weighted by Crippen LogP contribution is -2.00. The van der Waals surface area contributed by atoms with Crippen molar-refractivity contribution < 1.29 is 4.42 Å². The van der Waals surface area contributed by atoms with E-state index >= 15 is 0 Å². The van der Waals surface area contributed by atoms with Gasteiger partial charge in [-0.2, -0.15) is 0 Å². The molecule has 2 heterocycles. The van der Waals surface area contributed by atoms with Gasteiger partial charge in [-0.3, -0.25) is 0 Å². The zero-order valence-electron chi connectivity index (χ0n) is 26.3. The maximum absolute atomic E-state index is 6.21. The molecule has 0 saturated heterocycles. The monoisotopic (exact) mass is 625 g/mol. The summed E-state index contributed by atoms with van der Waals surface area (Å²) < 4.78 is 6.21. The summed E-state index contributed by atoms with van der Waals surface area (Å²) in [6.07, 6.45) is 0. The van der Waals surface area contributed by atoms with Crippen molar-refractivity contribution in [3.63, 3.8) is 0 Å². The third-order valence-electron chi connectivity index (χ3n) is 9.51. The second-order valence-electron chi connectivity index (χ2n) is 12.4. The predicted molar refractivity (Wildman–Crippen MR) is 201 cm³/mol. The lowest BCUT2D eigenvalue weighted by atomic mass is 9.90. The molecule has 49 heavy (non-hydrogen) atoms. The Balaban J connectivity index is 1.14. The first-order chi connectivity index (χ1) is 24.3. The van der Waals surface area contributed by atoms with Gasteiger partial charge in [0.2, 0.25) is 0 Å². The molecule has 0 aliphatic rings. The Morgan fingerprint density at radius 1 is 0.327 bits per heavy atom. The molecule has 10 rings (SSSR count). The van der Waals surface area contributed by atoms with Crippen LogP contribution in [-0.2, 0) is 0 Å². The second kappa shape index (κ2) is 11.0. The molecule has 0 radical (unpaired) electrons. The molecule has 0 saturated carbocycles. The van der Waals surface area contributed by atoms with Crippen molar-refractivity contribution in [2.75, 3.05) is 0 Å². The van der Waals surface area contributed by atoms with Crippen LogP contribution in [0.2, 0.25) is 0 Å². The molecule has 0 aliphatic carbocycles. The van der Waals surface area contributed by atoms with Crippen LogP contribution in [0.4, 0.5) is 0 Å². The molecule has 8 aromatic carbocycles. The van der Waals surface area contributed by atoms with Crippen molar-refractivity contribution in [1.29, 1.82) is 0 Å². The Morgan fingerprint density at radius 2 is 0.918 bits per heavy atom. The van der Waals surface area contributed by atoms with Gasteiger partial charge in [-0.25, -0.2) is 15.0 Å². The maximum Gasteiger partial charge on any atom is 0.164 e. The molecule has 0 bridgehead atoms. The van der Waals surface area contributed by atoms with Crippen molar-refractivity contribution in [2.24, 2.45) is 0 Å². The Labute approximate surface area is 282 Å². The molecule has 2 aromatic heterocycles. The van der Waals surface area contributed by atoms with E-state index in [2.05, 4.69) is 103 Å². The number of aromatic nitrogens is 3. The van der Waals surface area contributed by atoms with Crippen molar-refractivity contribution in [3.8, 4) is 45.3 Å². The summed E-state index contributed by atoms with van der Waals surface area (Å²) in [6, 6.07) is 57.0. The summed E-state index contributed by atoms with van der Waals surface area (Å²) in [5, 5.41) is 9.57. The number of hydrogen-bond acceptors (Lipinski definition) is 4. The fourth-order valence-electron chi connectivity index (χ4n) is 7.22. The first-order valence-corrected chi connectivity index (χ1v) is 16.4. The van der Waals surface area contributed by atoms with Crippen molar-refractivity contribution in [2.45, 2.75) is 0 Å². The summed E-state index contributed by atoms with van der Waals surface area (Å²) in [7, 11) is 0. The molecule has 10 aromatic rings. The number of benzene rings is 8. The van der Waals surface area contributed by atoms with E-state index < -0.39 is 0 Å². The van der Waals surface area contributed by atoms with Gasteiger partial charge >= 0.3 is 0 Å². The van der Waals surface area contributed by atoms with E-state index in [1.54, 1.807) is 0 Å². The number of nitrogens with zero attached hydrogens (tertiary/aromatic N) is 3. The van der Waals surface area contributed by atoms with Crippen LogP contribution in [0.1, 0.15) is 0 Å². The normalized spacial score (nSPS) is 11.7.